The van der Waals surface area contributed by atoms with E-state index in [1.54, 1.807) is 0 Å². The number of hydrogen-bond acceptors (Lipinski definition) is 2. The molecule has 0 radical (unpaired) electrons. The molecule has 1 heterocycles. The van der Waals surface area contributed by atoms with Gasteiger partial charge in [0.15, 0.2) is 0 Å². The summed E-state index contributed by atoms with van der Waals surface area (Å²) in [5, 5.41) is 0. The lowest BCUT2D eigenvalue weighted by Crippen LogP contribution is -2.15. The maximum atomic E-state index is 12.7. The van der Waals surface area contributed by atoms with Gasteiger partial charge in [0.2, 0.25) is 0 Å². The van der Waals surface area contributed by atoms with Crippen molar-refractivity contribution in [1.29, 1.82) is 0 Å². The van der Waals surface area contributed by atoms with E-state index in [9.17, 15) is 4.79 Å². The van der Waals surface area contributed by atoms with Crippen LogP contribution in [-0.2, 0) is 0 Å². The molecule has 2 atom stereocenters. The fourth-order valence-corrected chi connectivity index (χ4v) is 3.57. The average Bonchev–Trinajstić information content (AvgIpc) is 3.20. The summed E-state index contributed by atoms with van der Waals surface area (Å²) in [5.41, 5.74) is 2.71. The quantitative estimate of drug-likeness (QED) is 0.630. The fraction of sp³-hybridized carbons (Fsp3) is 0.500. The van der Waals surface area contributed by atoms with Crippen molar-refractivity contribution >= 4 is 5.91 Å². The SMILES string of the molecule is C#CCOc1c(C)cc(C(=O)N2C3CCCCC32)cc1C. The molecule has 2 aliphatic rings. The van der Waals surface area contributed by atoms with Crippen LogP contribution >= 0.6 is 0 Å². The van der Waals surface area contributed by atoms with E-state index in [1.807, 2.05) is 26.0 Å². The minimum atomic E-state index is 0.168. The second-order valence-corrected chi connectivity index (χ2v) is 6.06. The minimum Gasteiger partial charge on any atom is -0.480 e. The van der Waals surface area contributed by atoms with Crippen LogP contribution in [0, 0.1) is 26.2 Å². The summed E-state index contributed by atoms with van der Waals surface area (Å²) in [7, 11) is 0. The van der Waals surface area contributed by atoms with Crippen LogP contribution in [0.3, 0.4) is 0 Å². The van der Waals surface area contributed by atoms with Gasteiger partial charge >= 0.3 is 0 Å². The van der Waals surface area contributed by atoms with Crippen molar-refractivity contribution < 1.29 is 9.53 Å². The maximum absolute atomic E-state index is 12.7. The first-order valence-electron chi connectivity index (χ1n) is 7.63. The zero-order chi connectivity index (χ0) is 15.0. The summed E-state index contributed by atoms with van der Waals surface area (Å²) in [6, 6.07) is 4.82. The van der Waals surface area contributed by atoms with Crippen LogP contribution in [0.1, 0.15) is 47.2 Å². The highest BCUT2D eigenvalue weighted by molar-refractivity contribution is 5.97. The Morgan fingerprint density at radius 1 is 1.29 bits per heavy atom. The van der Waals surface area contributed by atoms with Gasteiger partial charge in [0.05, 0.1) is 12.1 Å². The fourth-order valence-electron chi connectivity index (χ4n) is 3.57. The molecule has 2 fully saturated rings. The van der Waals surface area contributed by atoms with Gasteiger partial charge in [-0.15, -0.1) is 6.42 Å². The van der Waals surface area contributed by atoms with Crippen LogP contribution < -0.4 is 4.74 Å². The summed E-state index contributed by atoms with van der Waals surface area (Å²) in [4.78, 5) is 14.7. The molecule has 1 aromatic rings. The molecule has 2 unspecified atom stereocenters. The van der Waals surface area contributed by atoms with E-state index in [2.05, 4.69) is 10.8 Å². The number of rotatable bonds is 3. The van der Waals surface area contributed by atoms with Crippen LogP contribution in [-0.4, -0.2) is 29.5 Å². The molecule has 3 heteroatoms. The van der Waals surface area contributed by atoms with Crippen molar-refractivity contribution in [3.8, 4) is 18.1 Å². The second kappa shape index (κ2) is 5.44. The zero-order valence-corrected chi connectivity index (χ0v) is 12.7. The van der Waals surface area contributed by atoms with Gasteiger partial charge in [-0.3, -0.25) is 4.79 Å². The maximum Gasteiger partial charge on any atom is 0.254 e. The number of fused-ring (bicyclic) bond motifs is 1. The van der Waals surface area contributed by atoms with E-state index in [-0.39, 0.29) is 12.5 Å². The first-order valence-corrected chi connectivity index (χ1v) is 7.63. The van der Waals surface area contributed by atoms with Gasteiger partial charge in [0.25, 0.3) is 5.91 Å². The van der Waals surface area contributed by atoms with E-state index in [1.165, 1.54) is 12.8 Å². The van der Waals surface area contributed by atoms with Crippen LogP contribution in [0.25, 0.3) is 0 Å². The smallest absolute Gasteiger partial charge is 0.254 e. The summed E-state index contributed by atoms with van der Waals surface area (Å²) >= 11 is 0. The third-order valence-electron chi connectivity index (χ3n) is 4.56. The number of benzene rings is 1. The number of nitrogens with zero attached hydrogens (tertiary/aromatic N) is 1. The van der Waals surface area contributed by atoms with Crippen molar-refractivity contribution in [3.63, 3.8) is 0 Å². The highest BCUT2D eigenvalue weighted by Gasteiger charge is 2.51. The molecule has 1 amide bonds. The number of likely N-dealkylation sites (tertiary alicyclic amines) is 1. The Bertz CT molecular complexity index is 579. The topological polar surface area (TPSA) is 29.3 Å². The largest absolute Gasteiger partial charge is 0.480 e. The zero-order valence-electron chi connectivity index (χ0n) is 12.7. The summed E-state index contributed by atoms with van der Waals surface area (Å²) < 4.78 is 5.56. The molecule has 21 heavy (non-hydrogen) atoms. The van der Waals surface area contributed by atoms with Crippen LogP contribution in [0.4, 0.5) is 0 Å². The van der Waals surface area contributed by atoms with Crippen molar-refractivity contribution in [1.82, 2.24) is 4.90 Å². The Balaban J connectivity index is 1.80. The summed E-state index contributed by atoms with van der Waals surface area (Å²) in [6.07, 6.45) is 10.1. The molecule has 1 aliphatic carbocycles. The second-order valence-electron chi connectivity index (χ2n) is 6.06. The molecule has 0 aromatic heterocycles. The molecule has 1 aromatic carbocycles. The first-order chi connectivity index (χ1) is 10.1. The molecule has 0 N–H and O–H groups in total. The van der Waals surface area contributed by atoms with Crippen LogP contribution in [0.15, 0.2) is 12.1 Å². The standard InChI is InChI=1S/C18H21NO2/c1-4-9-21-17-12(2)10-14(11-13(17)3)18(20)19-15-7-5-6-8-16(15)19/h1,10-11,15-16H,5-9H2,2-3H3. The monoisotopic (exact) mass is 283 g/mol. The minimum absolute atomic E-state index is 0.168. The lowest BCUT2D eigenvalue weighted by Gasteiger charge is -2.13. The lowest BCUT2D eigenvalue weighted by molar-refractivity contribution is 0.0865. The molecule has 1 saturated heterocycles. The molecular formula is C18H21NO2. The van der Waals surface area contributed by atoms with Gasteiger partial charge in [-0.05, 0) is 49.9 Å². The van der Waals surface area contributed by atoms with Crippen molar-refractivity contribution in [2.75, 3.05) is 6.61 Å². The Morgan fingerprint density at radius 2 is 1.86 bits per heavy atom. The average molecular weight is 283 g/mol. The molecule has 0 spiro atoms. The van der Waals surface area contributed by atoms with E-state index in [4.69, 9.17) is 11.2 Å². The van der Waals surface area contributed by atoms with Gasteiger partial charge in [-0.2, -0.15) is 0 Å². The molecule has 3 rings (SSSR count). The predicted molar refractivity (Wildman–Crippen MR) is 82.5 cm³/mol. The normalized spacial score (nSPS) is 23.2. The van der Waals surface area contributed by atoms with Gasteiger partial charge in [-0.25, -0.2) is 0 Å². The van der Waals surface area contributed by atoms with E-state index >= 15 is 0 Å². The Labute approximate surface area is 126 Å². The van der Waals surface area contributed by atoms with E-state index < -0.39 is 0 Å². The number of hydrogen-bond donors (Lipinski definition) is 0. The highest BCUT2D eigenvalue weighted by atomic mass is 16.5. The number of terminal acetylenes is 1. The van der Waals surface area contributed by atoms with Crippen LogP contribution in [0.5, 0.6) is 5.75 Å². The molecule has 110 valence electrons. The van der Waals surface area contributed by atoms with Gasteiger partial charge < -0.3 is 9.64 Å². The number of carbonyl (C=O) groups excluding carboxylic acids is 1. The number of amides is 1. The number of ether oxygens (including phenoxy) is 1. The van der Waals surface area contributed by atoms with Crippen molar-refractivity contribution in [2.45, 2.75) is 51.6 Å². The first kappa shape index (κ1) is 14.0. The third-order valence-corrected chi connectivity index (χ3v) is 4.56. The Kier molecular flexibility index (Phi) is 3.63. The summed E-state index contributed by atoms with van der Waals surface area (Å²) in [5.74, 6) is 3.44. The number of aryl methyl sites for hydroxylation is 2. The van der Waals surface area contributed by atoms with Crippen molar-refractivity contribution in [2.24, 2.45) is 0 Å². The predicted octanol–water partition coefficient (Wildman–Crippen LogP) is 3.08. The van der Waals surface area contributed by atoms with Gasteiger partial charge in [0.1, 0.15) is 12.4 Å². The number of carbonyl (C=O) groups is 1. The molecule has 1 saturated carbocycles. The molecular weight excluding hydrogens is 262 g/mol. The van der Waals surface area contributed by atoms with Gasteiger partial charge in [0, 0.05) is 5.56 Å². The Hall–Kier alpha value is -1.95. The van der Waals surface area contributed by atoms with Crippen molar-refractivity contribution in [3.05, 3.63) is 28.8 Å². The van der Waals surface area contributed by atoms with Gasteiger partial charge in [-0.1, -0.05) is 18.8 Å². The molecule has 0 bridgehead atoms. The summed E-state index contributed by atoms with van der Waals surface area (Å²) in [6.45, 7) is 4.18. The van der Waals surface area contributed by atoms with E-state index in [0.717, 1.165) is 35.3 Å². The Morgan fingerprint density at radius 3 is 2.38 bits per heavy atom. The van der Waals surface area contributed by atoms with Crippen LogP contribution in [0.2, 0.25) is 0 Å². The molecule has 3 nitrogen and oxygen atoms in total. The highest BCUT2D eigenvalue weighted by Crippen LogP contribution is 2.41. The molecule has 1 aliphatic heterocycles. The lowest BCUT2D eigenvalue weighted by atomic mass is 10.0. The van der Waals surface area contributed by atoms with E-state index in [0.29, 0.717) is 12.1 Å². The third kappa shape index (κ3) is 2.51.